The number of ether oxygens (including phenoxy) is 2. The van der Waals surface area contributed by atoms with E-state index in [1.165, 1.54) is 37.4 Å². The van der Waals surface area contributed by atoms with Crippen LogP contribution in [0.2, 0.25) is 0 Å². The van der Waals surface area contributed by atoms with Gasteiger partial charge in [-0.05, 0) is 84.3 Å². The van der Waals surface area contributed by atoms with Crippen LogP contribution >= 0.6 is 0 Å². The number of carbonyl (C=O) groups excluding carboxylic acids is 1. The first-order valence-electron chi connectivity index (χ1n) is 17.5. The van der Waals surface area contributed by atoms with Crippen LogP contribution in [-0.4, -0.2) is 137 Å². The fourth-order valence-electron chi connectivity index (χ4n) is 6.74. The Morgan fingerprint density at radius 2 is 1.76 bits per heavy atom. The Hall–Kier alpha value is -4.21. The van der Waals surface area contributed by atoms with E-state index in [9.17, 15) is 18.8 Å². The van der Waals surface area contributed by atoms with E-state index in [0.29, 0.717) is 36.5 Å². The van der Waals surface area contributed by atoms with Crippen LogP contribution in [-0.2, 0) is 14.3 Å². The van der Waals surface area contributed by atoms with Gasteiger partial charge in [0.05, 0.1) is 12.2 Å². The van der Waals surface area contributed by atoms with Gasteiger partial charge in [0, 0.05) is 69.5 Å². The lowest BCUT2D eigenvalue weighted by atomic mass is 9.79. The zero-order valence-electron chi connectivity index (χ0n) is 30.9. The highest BCUT2D eigenvalue weighted by Gasteiger charge is 2.50. The van der Waals surface area contributed by atoms with Crippen molar-refractivity contribution in [1.29, 1.82) is 0 Å². The van der Waals surface area contributed by atoms with Crippen molar-refractivity contribution in [3.63, 3.8) is 0 Å². The second-order valence-electron chi connectivity index (χ2n) is 13.9. The predicted molar refractivity (Wildman–Crippen MR) is 191 cm³/mol. The number of amides is 1. The van der Waals surface area contributed by atoms with Crippen molar-refractivity contribution in [2.75, 3.05) is 71.5 Å². The van der Waals surface area contributed by atoms with E-state index in [-0.39, 0.29) is 34.6 Å². The number of halogens is 1. The number of rotatable bonds is 17. The van der Waals surface area contributed by atoms with Gasteiger partial charge in [0.15, 0.2) is 5.82 Å². The summed E-state index contributed by atoms with van der Waals surface area (Å²) in [7, 11) is 3.91. The highest BCUT2D eigenvalue weighted by molar-refractivity contribution is 5.97. The van der Waals surface area contributed by atoms with Gasteiger partial charge in [-0.15, -0.1) is 10.2 Å². The molecule has 2 fully saturated rings. The number of anilines is 1. The van der Waals surface area contributed by atoms with E-state index in [4.69, 9.17) is 19.7 Å². The monoisotopic (exact) mass is 715 g/mol. The summed E-state index contributed by atoms with van der Waals surface area (Å²) < 4.78 is 25.6. The number of hydrogen-bond donors (Lipinski definition) is 2. The molecule has 0 aliphatic carbocycles. The average Bonchev–Trinajstić information content (AvgIpc) is 3.51. The Morgan fingerprint density at radius 3 is 2.35 bits per heavy atom. The number of hydrogen-bond acceptors (Lipinski definition) is 11. The fourth-order valence-corrected chi connectivity index (χ4v) is 6.74. The van der Waals surface area contributed by atoms with Gasteiger partial charge in [0.25, 0.3) is 11.8 Å². The third-order valence-corrected chi connectivity index (χ3v) is 9.32. The molecule has 3 heterocycles. The maximum Gasteiger partial charge on any atom is 0.328 e. The number of carboxylic acid groups (broad SMARTS) is 2. The van der Waals surface area contributed by atoms with Gasteiger partial charge in [-0.3, -0.25) is 9.69 Å². The minimum atomic E-state index is -1.26. The first-order valence-corrected chi connectivity index (χ1v) is 17.5. The first-order chi connectivity index (χ1) is 24.2. The molecule has 2 aliphatic rings. The number of aliphatic carboxylic acids is 2. The van der Waals surface area contributed by atoms with Crippen LogP contribution in [0, 0.1) is 17.2 Å². The molecule has 15 heteroatoms. The number of carbonyl (C=O) groups is 3. The van der Waals surface area contributed by atoms with Gasteiger partial charge in [-0.25, -0.2) is 19.0 Å². The molecule has 1 aromatic carbocycles. The molecule has 0 saturated carbocycles. The molecular weight excluding hydrogens is 661 g/mol. The molecule has 2 aliphatic heterocycles. The van der Waals surface area contributed by atoms with E-state index < -0.39 is 17.8 Å². The van der Waals surface area contributed by atoms with Crippen molar-refractivity contribution in [2.45, 2.75) is 66.0 Å². The van der Waals surface area contributed by atoms with Gasteiger partial charge in [-0.1, -0.05) is 13.8 Å². The van der Waals surface area contributed by atoms with Crippen LogP contribution in [0.25, 0.3) is 0 Å². The van der Waals surface area contributed by atoms with Crippen molar-refractivity contribution < 1.29 is 38.5 Å². The maximum absolute atomic E-state index is 14.3. The minimum Gasteiger partial charge on any atom is -0.478 e. The zero-order valence-corrected chi connectivity index (χ0v) is 30.9. The average molecular weight is 716 g/mol. The number of likely N-dealkylation sites (tertiary alicyclic amines) is 1. The van der Waals surface area contributed by atoms with Crippen molar-refractivity contribution in [3.8, 4) is 11.6 Å². The highest BCUT2D eigenvalue weighted by Crippen LogP contribution is 2.45. The van der Waals surface area contributed by atoms with Crippen LogP contribution in [0.3, 0.4) is 0 Å². The largest absolute Gasteiger partial charge is 0.478 e. The van der Waals surface area contributed by atoms with E-state index in [1.54, 1.807) is 12.0 Å². The normalized spacial score (nSPS) is 16.0. The quantitative estimate of drug-likeness (QED) is 0.224. The lowest BCUT2D eigenvalue weighted by molar-refractivity contribution is -0.134. The minimum absolute atomic E-state index is 0.0388. The van der Waals surface area contributed by atoms with Crippen molar-refractivity contribution in [2.24, 2.45) is 11.3 Å². The predicted octanol–water partition coefficient (Wildman–Crippen LogP) is 4.28. The molecule has 1 spiro atoms. The molecule has 0 radical (unpaired) electrons. The molecule has 1 aromatic heterocycles. The zero-order chi connectivity index (χ0) is 37.7. The van der Waals surface area contributed by atoms with Crippen LogP contribution in [0.4, 0.5) is 10.2 Å². The summed E-state index contributed by atoms with van der Waals surface area (Å²) >= 11 is 0. The van der Waals surface area contributed by atoms with E-state index in [0.717, 1.165) is 52.3 Å². The molecule has 1 atom stereocenters. The van der Waals surface area contributed by atoms with Crippen LogP contribution in [0.5, 0.6) is 11.6 Å². The van der Waals surface area contributed by atoms with Gasteiger partial charge in [0.2, 0.25) is 0 Å². The highest BCUT2D eigenvalue weighted by atomic mass is 19.1. The molecule has 2 aromatic rings. The second kappa shape index (κ2) is 19.4. The fraction of sp³-hybridized carbons (Fsp3) is 0.611. The number of carboxylic acids is 2. The molecule has 51 heavy (non-hydrogen) atoms. The van der Waals surface area contributed by atoms with Crippen molar-refractivity contribution >= 4 is 23.7 Å². The standard InChI is InChI=1S/C32H50FN7O3.C4H4O4/c1-8-40(24(4)5)31(41)26-18-25(33)11-12-28(26)43-30-29(34-22-35-36-30)39-20-32(21-39)13-15-38(19-32)27(23(2)3)10-9-14-37(6)16-17-42-7;5-3(6)1-2-4(7)8/h11-12,18,22-24,27H,8-10,13-17,19-21H2,1-7H3;1-2H,(H,5,6)(H,7,8)/b;2-1+. The lowest BCUT2D eigenvalue weighted by Crippen LogP contribution is -2.58. The summed E-state index contributed by atoms with van der Waals surface area (Å²) in [5.41, 5.74) is 0.365. The summed E-state index contributed by atoms with van der Waals surface area (Å²) in [6.07, 6.45) is 6.04. The van der Waals surface area contributed by atoms with E-state index in [1.807, 2.05) is 20.8 Å². The summed E-state index contributed by atoms with van der Waals surface area (Å²) in [5.74, 6) is -1.66. The lowest BCUT2D eigenvalue weighted by Gasteiger charge is -2.49. The van der Waals surface area contributed by atoms with Crippen LogP contribution in [0.1, 0.15) is 64.2 Å². The SMILES string of the molecule is CCN(C(=O)c1cc(F)ccc1Oc1nncnc1N1CC2(CCN(C(CCCN(C)CCOC)C(C)C)C2)C1)C(C)C.O=C(O)/C=C/C(=O)O. The van der Waals surface area contributed by atoms with Crippen molar-refractivity contribution in [1.82, 2.24) is 29.9 Å². The number of nitrogens with zero attached hydrogens (tertiary/aromatic N) is 7. The Labute approximate surface area is 300 Å². The summed E-state index contributed by atoms with van der Waals surface area (Å²) in [4.78, 5) is 45.8. The Balaban J connectivity index is 0.000000783. The van der Waals surface area contributed by atoms with Gasteiger partial charge in [0.1, 0.15) is 17.9 Å². The maximum atomic E-state index is 14.3. The van der Waals surface area contributed by atoms with E-state index in [2.05, 4.69) is 50.8 Å². The summed E-state index contributed by atoms with van der Waals surface area (Å²) in [6, 6.07) is 4.51. The number of likely N-dealkylation sites (N-methyl/N-ethyl adjacent to an activating group) is 1. The van der Waals surface area contributed by atoms with Crippen LogP contribution in [0.15, 0.2) is 36.7 Å². The number of benzene rings is 1. The molecule has 0 bridgehead atoms. The second-order valence-corrected chi connectivity index (χ2v) is 13.9. The third kappa shape index (κ3) is 11.9. The Morgan fingerprint density at radius 1 is 1.08 bits per heavy atom. The number of aromatic nitrogens is 3. The third-order valence-electron chi connectivity index (χ3n) is 9.32. The molecule has 2 N–H and O–H groups in total. The van der Waals surface area contributed by atoms with Crippen LogP contribution < -0.4 is 9.64 Å². The molecular formula is C36H54FN7O7. The Bertz CT molecular complexity index is 1470. The molecule has 1 unspecified atom stereocenters. The van der Waals surface area contributed by atoms with Gasteiger partial charge < -0.3 is 34.4 Å². The summed E-state index contributed by atoms with van der Waals surface area (Å²) in [6.45, 7) is 17.6. The van der Waals surface area contributed by atoms with Gasteiger partial charge >= 0.3 is 11.9 Å². The summed E-state index contributed by atoms with van der Waals surface area (Å²) in [5, 5.41) is 23.8. The molecule has 14 nitrogen and oxygen atoms in total. The van der Waals surface area contributed by atoms with E-state index >= 15 is 0 Å². The van der Waals surface area contributed by atoms with Crippen molar-refractivity contribution in [3.05, 3.63) is 48.1 Å². The van der Waals surface area contributed by atoms with Gasteiger partial charge in [-0.2, -0.15) is 0 Å². The molecule has 1 amide bonds. The first kappa shape index (κ1) is 41.2. The molecule has 282 valence electrons. The molecule has 2 saturated heterocycles. The smallest absolute Gasteiger partial charge is 0.328 e. The molecule has 4 rings (SSSR count). The number of methoxy groups -OCH3 is 1. The Kier molecular flexibility index (Phi) is 15.7. The topological polar surface area (TPSA) is 162 Å².